The highest BCUT2D eigenvalue weighted by Crippen LogP contribution is 2.44. The lowest BCUT2D eigenvalue weighted by atomic mass is 10.2. The van der Waals surface area contributed by atoms with Crippen LogP contribution in [0, 0.1) is 12.3 Å². The van der Waals surface area contributed by atoms with Gasteiger partial charge in [0.25, 0.3) is 0 Å². The number of anilines is 1. The van der Waals surface area contributed by atoms with Gasteiger partial charge in [-0.2, -0.15) is 0 Å². The molecule has 1 aliphatic rings. The summed E-state index contributed by atoms with van der Waals surface area (Å²) in [5, 5.41) is 0. The number of nitrogens with one attached hydrogen (secondary N) is 1. The van der Waals surface area contributed by atoms with Gasteiger partial charge in [-0.3, -0.25) is 0 Å². The Bertz CT molecular complexity index is 533. The second kappa shape index (κ2) is 3.99. The summed E-state index contributed by atoms with van der Waals surface area (Å²) in [4.78, 5) is 0.173. The van der Waals surface area contributed by atoms with E-state index in [-0.39, 0.29) is 10.3 Å². The topological polar surface area (TPSA) is 72.2 Å². The van der Waals surface area contributed by atoms with Crippen LogP contribution in [0.3, 0.4) is 0 Å². The maximum Gasteiger partial charge on any atom is 0.242 e. The Kier molecular flexibility index (Phi) is 2.91. The van der Waals surface area contributed by atoms with Crippen molar-refractivity contribution in [2.75, 3.05) is 12.3 Å². The molecule has 17 heavy (non-hydrogen) atoms. The minimum absolute atomic E-state index is 0.145. The first kappa shape index (κ1) is 12.4. The molecule has 0 radical (unpaired) electrons. The van der Waals surface area contributed by atoms with Crippen molar-refractivity contribution >= 4 is 15.7 Å². The van der Waals surface area contributed by atoms with Crippen LogP contribution in [-0.2, 0) is 10.0 Å². The summed E-state index contributed by atoms with van der Waals surface area (Å²) in [5.41, 5.74) is 7.15. The number of nitrogens with two attached hydrogens (primary N) is 1. The van der Waals surface area contributed by atoms with Crippen molar-refractivity contribution < 1.29 is 8.42 Å². The molecule has 94 valence electrons. The first-order valence-corrected chi connectivity index (χ1v) is 7.17. The molecule has 0 amide bonds. The van der Waals surface area contributed by atoms with Crippen molar-refractivity contribution in [3.8, 4) is 0 Å². The molecule has 0 saturated heterocycles. The largest absolute Gasteiger partial charge is 0.398 e. The first-order valence-electron chi connectivity index (χ1n) is 5.68. The molecule has 4 nitrogen and oxygen atoms in total. The van der Waals surface area contributed by atoms with Crippen LogP contribution in [-0.4, -0.2) is 15.0 Å². The molecule has 2 rings (SSSR count). The third-order valence-electron chi connectivity index (χ3n) is 3.25. The summed E-state index contributed by atoms with van der Waals surface area (Å²) in [5.74, 6) is 0. The molecule has 0 aliphatic heterocycles. The highest BCUT2D eigenvalue weighted by molar-refractivity contribution is 7.89. The molecule has 5 heteroatoms. The molecule has 0 unspecified atom stereocenters. The number of sulfonamides is 1. The van der Waals surface area contributed by atoms with Crippen LogP contribution in [0.5, 0.6) is 0 Å². The van der Waals surface area contributed by atoms with Gasteiger partial charge in [0, 0.05) is 6.54 Å². The second-order valence-electron chi connectivity index (χ2n) is 5.18. The van der Waals surface area contributed by atoms with E-state index in [1.54, 1.807) is 18.2 Å². The Labute approximate surface area is 102 Å². The van der Waals surface area contributed by atoms with E-state index < -0.39 is 10.0 Å². The normalized spacial score (nSPS) is 18.0. The zero-order valence-electron chi connectivity index (χ0n) is 10.2. The smallest absolute Gasteiger partial charge is 0.242 e. The van der Waals surface area contributed by atoms with Crippen molar-refractivity contribution in [3.63, 3.8) is 0 Å². The van der Waals surface area contributed by atoms with Crippen LogP contribution in [0.2, 0.25) is 0 Å². The summed E-state index contributed by atoms with van der Waals surface area (Å²) in [6.45, 7) is 4.45. The average molecular weight is 254 g/mol. The monoisotopic (exact) mass is 254 g/mol. The zero-order chi connectivity index (χ0) is 12.7. The Balaban J connectivity index is 2.19. The SMILES string of the molecule is Cc1ccc(S(=O)(=O)NCC2(C)CC2)c(N)c1. The van der Waals surface area contributed by atoms with Crippen LogP contribution in [0.15, 0.2) is 23.1 Å². The lowest BCUT2D eigenvalue weighted by molar-refractivity contribution is 0.530. The van der Waals surface area contributed by atoms with Crippen molar-refractivity contribution in [2.24, 2.45) is 5.41 Å². The molecule has 1 aromatic rings. The minimum atomic E-state index is -3.48. The molecular weight excluding hydrogens is 236 g/mol. The van der Waals surface area contributed by atoms with Crippen LogP contribution in [0.25, 0.3) is 0 Å². The third kappa shape index (κ3) is 2.79. The fourth-order valence-corrected chi connectivity index (χ4v) is 2.96. The second-order valence-corrected chi connectivity index (χ2v) is 6.91. The lowest BCUT2D eigenvalue weighted by Crippen LogP contribution is -2.29. The predicted molar refractivity (Wildman–Crippen MR) is 68.1 cm³/mol. The fraction of sp³-hybridized carbons (Fsp3) is 0.500. The van der Waals surface area contributed by atoms with Gasteiger partial charge in [0.1, 0.15) is 4.90 Å². The van der Waals surface area contributed by atoms with E-state index in [9.17, 15) is 8.42 Å². The highest BCUT2D eigenvalue weighted by atomic mass is 32.2. The minimum Gasteiger partial charge on any atom is -0.398 e. The Hall–Kier alpha value is -1.07. The quantitative estimate of drug-likeness (QED) is 0.803. The average Bonchev–Trinajstić information content (AvgIpc) is 2.94. The van der Waals surface area contributed by atoms with E-state index in [0.717, 1.165) is 18.4 Å². The molecular formula is C12H18N2O2S. The molecule has 1 aromatic carbocycles. The van der Waals surface area contributed by atoms with Gasteiger partial charge >= 0.3 is 0 Å². The summed E-state index contributed by atoms with van der Waals surface area (Å²) in [7, 11) is -3.48. The summed E-state index contributed by atoms with van der Waals surface area (Å²) in [6, 6.07) is 4.99. The van der Waals surface area contributed by atoms with E-state index in [0.29, 0.717) is 12.2 Å². The Morgan fingerprint density at radius 2 is 2.06 bits per heavy atom. The van der Waals surface area contributed by atoms with Crippen LogP contribution in [0.1, 0.15) is 25.3 Å². The van der Waals surface area contributed by atoms with Gasteiger partial charge in [-0.25, -0.2) is 13.1 Å². The van der Waals surface area contributed by atoms with E-state index in [1.165, 1.54) is 0 Å². The van der Waals surface area contributed by atoms with Gasteiger partial charge in [0.2, 0.25) is 10.0 Å². The van der Waals surface area contributed by atoms with Crippen molar-refractivity contribution in [2.45, 2.75) is 31.6 Å². The van der Waals surface area contributed by atoms with Crippen LogP contribution in [0.4, 0.5) is 5.69 Å². The number of aryl methyl sites for hydroxylation is 1. The maximum absolute atomic E-state index is 12.0. The number of benzene rings is 1. The number of nitrogen functional groups attached to an aromatic ring is 1. The van der Waals surface area contributed by atoms with Crippen LogP contribution >= 0.6 is 0 Å². The molecule has 1 saturated carbocycles. The van der Waals surface area contributed by atoms with E-state index in [1.807, 2.05) is 6.92 Å². The molecule has 0 spiro atoms. The summed E-state index contributed by atoms with van der Waals surface area (Å²) < 4.78 is 26.7. The van der Waals surface area contributed by atoms with Gasteiger partial charge < -0.3 is 5.73 Å². The van der Waals surface area contributed by atoms with Gasteiger partial charge in [-0.1, -0.05) is 13.0 Å². The Morgan fingerprint density at radius 3 is 2.59 bits per heavy atom. The molecule has 0 aromatic heterocycles. The number of rotatable bonds is 4. The predicted octanol–water partition coefficient (Wildman–Crippen LogP) is 1.66. The van der Waals surface area contributed by atoms with Crippen molar-refractivity contribution in [1.82, 2.24) is 4.72 Å². The highest BCUT2D eigenvalue weighted by Gasteiger charge is 2.38. The first-order chi connectivity index (χ1) is 7.82. The lowest BCUT2D eigenvalue weighted by Gasteiger charge is -2.12. The molecule has 0 atom stereocenters. The standard InChI is InChI=1S/C12H18N2O2S/c1-9-3-4-11(10(13)7-9)17(15,16)14-8-12(2)5-6-12/h3-4,7,14H,5-6,8,13H2,1-2H3. The summed E-state index contributed by atoms with van der Waals surface area (Å²) >= 11 is 0. The number of hydrogen-bond acceptors (Lipinski definition) is 3. The number of hydrogen-bond donors (Lipinski definition) is 2. The molecule has 3 N–H and O–H groups in total. The van der Waals surface area contributed by atoms with E-state index in [2.05, 4.69) is 11.6 Å². The van der Waals surface area contributed by atoms with Crippen LogP contribution < -0.4 is 10.5 Å². The third-order valence-corrected chi connectivity index (χ3v) is 4.72. The van der Waals surface area contributed by atoms with E-state index >= 15 is 0 Å². The van der Waals surface area contributed by atoms with Gasteiger partial charge in [0.15, 0.2) is 0 Å². The van der Waals surface area contributed by atoms with Crippen molar-refractivity contribution in [3.05, 3.63) is 23.8 Å². The van der Waals surface area contributed by atoms with Gasteiger partial charge in [-0.05, 0) is 42.9 Å². The molecule has 1 fully saturated rings. The summed E-state index contributed by atoms with van der Waals surface area (Å²) in [6.07, 6.45) is 2.16. The molecule has 1 aliphatic carbocycles. The van der Waals surface area contributed by atoms with Gasteiger partial charge in [0.05, 0.1) is 5.69 Å². The molecule has 0 heterocycles. The van der Waals surface area contributed by atoms with E-state index in [4.69, 9.17) is 5.73 Å². The molecule has 0 bridgehead atoms. The maximum atomic E-state index is 12.0. The fourth-order valence-electron chi connectivity index (χ4n) is 1.65. The van der Waals surface area contributed by atoms with Gasteiger partial charge in [-0.15, -0.1) is 0 Å². The zero-order valence-corrected chi connectivity index (χ0v) is 11.0. The van der Waals surface area contributed by atoms with Crippen molar-refractivity contribution in [1.29, 1.82) is 0 Å². The Morgan fingerprint density at radius 1 is 1.41 bits per heavy atom.